The Morgan fingerprint density at radius 1 is 1.50 bits per heavy atom. The van der Waals surface area contributed by atoms with Crippen molar-refractivity contribution in [3.8, 4) is 0 Å². The lowest BCUT2D eigenvalue weighted by molar-refractivity contribution is 0.514. The summed E-state index contributed by atoms with van der Waals surface area (Å²) in [6, 6.07) is 0. The maximum Gasteiger partial charge on any atom is 0.234 e. The molecule has 0 aromatic carbocycles. The van der Waals surface area contributed by atoms with Crippen molar-refractivity contribution in [3.05, 3.63) is 0 Å². The molecule has 0 aromatic heterocycles. The van der Waals surface area contributed by atoms with Crippen LogP contribution in [0.3, 0.4) is 0 Å². The Kier molecular flexibility index (Phi) is 3.05. The molecule has 1 saturated heterocycles. The van der Waals surface area contributed by atoms with Crippen LogP contribution in [-0.2, 0) is 10.3 Å². The van der Waals surface area contributed by atoms with Crippen LogP contribution in [0, 0.1) is 0 Å². The van der Waals surface area contributed by atoms with Crippen LogP contribution >= 0.6 is 12.2 Å². The molecule has 1 fully saturated rings. The number of piperidine rings is 1. The van der Waals surface area contributed by atoms with Crippen molar-refractivity contribution in [1.29, 1.82) is 0 Å². The van der Waals surface area contributed by atoms with E-state index in [4.69, 9.17) is 18.0 Å². The van der Waals surface area contributed by atoms with E-state index in [1.54, 1.807) is 0 Å². The third-order valence-corrected chi connectivity index (χ3v) is 2.81. The minimum absolute atomic E-state index is 0.147. The van der Waals surface area contributed by atoms with E-state index >= 15 is 0 Å². The largest absolute Gasteiger partial charge is 0.376 e. The molecule has 0 saturated carbocycles. The highest BCUT2D eigenvalue weighted by Gasteiger charge is 2.19. The number of hydrogen-bond donors (Lipinski definition) is 1. The van der Waals surface area contributed by atoms with Crippen molar-refractivity contribution < 1.29 is 8.42 Å². The van der Waals surface area contributed by atoms with Gasteiger partial charge in [-0.05, 0) is 25.1 Å². The van der Waals surface area contributed by atoms with E-state index in [9.17, 15) is 8.42 Å². The van der Waals surface area contributed by atoms with Crippen LogP contribution in [0.4, 0.5) is 0 Å². The Bertz CT molecular complexity index is 312. The summed E-state index contributed by atoms with van der Waals surface area (Å²) in [7, 11) is -2.18. The molecule has 0 atom stereocenters. The van der Waals surface area contributed by atoms with Crippen molar-refractivity contribution in [2.24, 2.45) is 5.73 Å². The zero-order chi connectivity index (χ0) is 9.14. The summed E-state index contributed by atoms with van der Waals surface area (Å²) in [4.78, 5) is 1.82. The number of nitrogens with two attached hydrogens (primary N) is 1. The summed E-state index contributed by atoms with van der Waals surface area (Å²) in [5, 5.41) is 0.147. The number of thiocarbonyl (C=S) groups is 1. The maximum atomic E-state index is 10.7. The first-order valence-corrected chi connectivity index (χ1v) is 5.13. The second-order valence-corrected chi connectivity index (χ2v) is 3.93. The van der Waals surface area contributed by atoms with Gasteiger partial charge in [-0.3, -0.25) is 0 Å². The first-order chi connectivity index (χ1) is 5.63. The van der Waals surface area contributed by atoms with E-state index in [-0.39, 0.29) is 5.11 Å². The molecule has 12 heavy (non-hydrogen) atoms. The Hall–Kier alpha value is -0.620. The van der Waals surface area contributed by atoms with Crippen LogP contribution in [0.1, 0.15) is 19.3 Å². The zero-order valence-electron chi connectivity index (χ0n) is 6.49. The van der Waals surface area contributed by atoms with E-state index in [0.717, 1.165) is 12.8 Å². The van der Waals surface area contributed by atoms with Crippen molar-refractivity contribution in [1.82, 2.24) is 4.90 Å². The van der Waals surface area contributed by atoms with Gasteiger partial charge in [0.1, 0.15) is 4.99 Å². The molecule has 1 heterocycles. The van der Waals surface area contributed by atoms with Gasteiger partial charge in [-0.1, -0.05) is 0 Å². The summed E-state index contributed by atoms with van der Waals surface area (Å²) in [5.41, 5.74) is 5.36. The average Bonchev–Trinajstić information content (AvgIpc) is 2.04. The molecule has 4 nitrogen and oxygen atoms in total. The van der Waals surface area contributed by atoms with Crippen LogP contribution in [0.2, 0.25) is 0 Å². The maximum absolute atomic E-state index is 10.7. The first-order valence-electron chi connectivity index (χ1n) is 3.65. The molecule has 2 N–H and O–H groups in total. The number of hydrogen-bond acceptors (Lipinski definition) is 3. The van der Waals surface area contributed by atoms with E-state index < -0.39 is 10.3 Å². The molecule has 0 spiro atoms. The van der Waals surface area contributed by atoms with E-state index in [2.05, 4.69) is 0 Å². The Morgan fingerprint density at radius 3 is 2.58 bits per heavy atom. The van der Waals surface area contributed by atoms with Crippen molar-refractivity contribution in [2.45, 2.75) is 19.3 Å². The third kappa shape index (κ3) is 1.95. The Labute approximate surface area is 77.9 Å². The van der Waals surface area contributed by atoms with Gasteiger partial charge in [0, 0.05) is 13.0 Å². The molecule has 0 aromatic rings. The highest BCUT2D eigenvalue weighted by atomic mass is 32.2. The average molecular weight is 206 g/mol. The molecule has 0 radical (unpaired) electrons. The van der Waals surface area contributed by atoms with E-state index in [1.165, 1.54) is 4.90 Å². The SMILES string of the molecule is NC(=S)N1CCCCC1=S(=O)=O. The zero-order valence-corrected chi connectivity index (χ0v) is 8.12. The fourth-order valence-corrected chi connectivity index (χ4v) is 2.15. The van der Waals surface area contributed by atoms with Crippen LogP contribution < -0.4 is 5.73 Å². The molecule has 1 aliphatic rings. The second-order valence-electron chi connectivity index (χ2n) is 2.58. The van der Waals surface area contributed by atoms with Crippen LogP contribution in [-0.4, -0.2) is 30.0 Å². The molecule has 1 rings (SSSR count). The Balaban J connectivity index is 2.97. The third-order valence-electron chi connectivity index (χ3n) is 1.78. The van der Waals surface area contributed by atoms with E-state index in [1.807, 2.05) is 0 Å². The summed E-state index contributed by atoms with van der Waals surface area (Å²) in [6.45, 7) is 0.624. The van der Waals surface area contributed by atoms with Gasteiger partial charge in [0.15, 0.2) is 5.11 Å². The molecule has 1 aliphatic heterocycles. The van der Waals surface area contributed by atoms with Gasteiger partial charge < -0.3 is 10.6 Å². The fourth-order valence-electron chi connectivity index (χ4n) is 1.21. The predicted octanol–water partition coefficient (Wildman–Crippen LogP) is -0.275. The minimum atomic E-state index is -2.18. The van der Waals surface area contributed by atoms with Crippen molar-refractivity contribution in [2.75, 3.05) is 6.54 Å². The monoisotopic (exact) mass is 206 g/mol. The smallest absolute Gasteiger partial charge is 0.234 e. The van der Waals surface area contributed by atoms with Crippen LogP contribution in [0.15, 0.2) is 0 Å². The van der Waals surface area contributed by atoms with Gasteiger partial charge in [-0.25, -0.2) is 0 Å². The lowest BCUT2D eigenvalue weighted by Crippen LogP contribution is -2.43. The van der Waals surface area contributed by atoms with Crippen LogP contribution in [0.5, 0.6) is 0 Å². The molecule has 0 amide bonds. The lowest BCUT2D eigenvalue weighted by atomic mass is 10.1. The van der Waals surface area contributed by atoms with Gasteiger partial charge >= 0.3 is 0 Å². The number of likely N-dealkylation sites (tertiary alicyclic amines) is 1. The standard InChI is InChI=1S/C6H10N2O2S2/c7-6(11)8-4-2-1-3-5(8)12(9)10/h1-4H2,(H2,7,11). The minimum Gasteiger partial charge on any atom is -0.376 e. The van der Waals surface area contributed by atoms with E-state index in [0.29, 0.717) is 18.0 Å². The summed E-state index contributed by atoms with van der Waals surface area (Å²) in [5.74, 6) is 0. The highest BCUT2D eigenvalue weighted by molar-refractivity contribution is 7.80. The van der Waals surface area contributed by atoms with Gasteiger partial charge in [-0.2, -0.15) is 8.42 Å². The predicted molar refractivity (Wildman–Crippen MR) is 51.3 cm³/mol. The molecule has 0 aliphatic carbocycles. The van der Waals surface area contributed by atoms with Gasteiger partial charge in [0.2, 0.25) is 10.3 Å². The van der Waals surface area contributed by atoms with Gasteiger partial charge in [0.25, 0.3) is 0 Å². The molecule has 0 bridgehead atoms. The summed E-state index contributed by atoms with van der Waals surface area (Å²) < 4.78 is 21.4. The topological polar surface area (TPSA) is 63.4 Å². The normalized spacial score (nSPS) is 17.7. The second kappa shape index (κ2) is 3.86. The first kappa shape index (κ1) is 9.47. The number of nitrogens with zero attached hydrogens (tertiary/aromatic N) is 1. The molecular formula is C6H10N2O2S2. The van der Waals surface area contributed by atoms with Gasteiger partial charge in [0.05, 0.1) is 0 Å². The highest BCUT2D eigenvalue weighted by Crippen LogP contribution is 2.10. The molecular weight excluding hydrogens is 196 g/mol. The van der Waals surface area contributed by atoms with Crippen LogP contribution in [0.25, 0.3) is 0 Å². The van der Waals surface area contributed by atoms with Crippen molar-refractivity contribution >= 4 is 32.6 Å². The van der Waals surface area contributed by atoms with Gasteiger partial charge in [-0.15, -0.1) is 0 Å². The molecule has 68 valence electrons. The van der Waals surface area contributed by atoms with Crippen molar-refractivity contribution in [3.63, 3.8) is 0 Å². The summed E-state index contributed by atoms with van der Waals surface area (Å²) >= 11 is 4.72. The molecule has 6 heteroatoms. The Morgan fingerprint density at radius 2 is 2.17 bits per heavy atom. The fraction of sp³-hybridized carbons (Fsp3) is 0.667. The lowest BCUT2D eigenvalue weighted by Gasteiger charge is -2.26. The number of rotatable bonds is 0. The molecule has 0 unspecified atom stereocenters. The summed E-state index contributed by atoms with van der Waals surface area (Å²) in [6.07, 6.45) is 2.38. The quantitative estimate of drug-likeness (QED) is 0.553.